The number of thiazole rings is 1. The average molecular weight is 310 g/mol. The van der Waals surface area contributed by atoms with Gasteiger partial charge in [-0.3, -0.25) is 4.79 Å². The van der Waals surface area contributed by atoms with Gasteiger partial charge in [0.1, 0.15) is 12.5 Å². The molecule has 21 heavy (non-hydrogen) atoms. The average Bonchev–Trinajstić information content (AvgIpc) is 2.89. The second kappa shape index (κ2) is 7.26. The Balaban J connectivity index is 1.89. The van der Waals surface area contributed by atoms with Crippen molar-refractivity contribution in [3.63, 3.8) is 0 Å². The molecule has 1 atom stereocenters. The van der Waals surface area contributed by atoms with Gasteiger partial charge >= 0.3 is 0 Å². The highest BCUT2D eigenvalue weighted by Gasteiger charge is 2.14. The van der Waals surface area contributed by atoms with Crippen LogP contribution in [0.4, 0.5) is 8.78 Å². The fourth-order valence-corrected chi connectivity index (χ4v) is 2.58. The predicted octanol–water partition coefficient (Wildman–Crippen LogP) is 3.35. The van der Waals surface area contributed by atoms with Crippen molar-refractivity contribution in [3.8, 4) is 0 Å². The number of amides is 1. The van der Waals surface area contributed by atoms with Crippen molar-refractivity contribution in [2.45, 2.75) is 25.8 Å². The smallest absolute Gasteiger partial charge is 0.220 e. The third-order valence-corrected chi connectivity index (χ3v) is 3.86. The van der Waals surface area contributed by atoms with E-state index in [1.807, 2.05) is 12.3 Å². The van der Waals surface area contributed by atoms with Gasteiger partial charge in [0.05, 0.1) is 16.7 Å². The van der Waals surface area contributed by atoms with Crippen LogP contribution in [0.15, 0.2) is 29.6 Å². The monoisotopic (exact) mass is 310 g/mol. The van der Waals surface area contributed by atoms with E-state index < -0.39 is 12.7 Å². The summed E-state index contributed by atoms with van der Waals surface area (Å²) >= 11 is 1.53. The molecule has 112 valence electrons. The van der Waals surface area contributed by atoms with E-state index >= 15 is 0 Å². The Morgan fingerprint density at radius 1 is 1.38 bits per heavy atom. The molecule has 2 rings (SSSR count). The second-order valence-corrected chi connectivity index (χ2v) is 5.75. The van der Waals surface area contributed by atoms with E-state index in [0.29, 0.717) is 12.0 Å². The van der Waals surface area contributed by atoms with Gasteiger partial charge in [0, 0.05) is 11.8 Å². The molecule has 6 heteroatoms. The first kappa shape index (κ1) is 15.6. The summed E-state index contributed by atoms with van der Waals surface area (Å²) in [5.74, 6) is -0.630. The van der Waals surface area contributed by atoms with Crippen molar-refractivity contribution in [3.05, 3.63) is 51.7 Å². The number of alkyl halides is 1. The molecule has 0 saturated heterocycles. The van der Waals surface area contributed by atoms with Gasteiger partial charge in [0.2, 0.25) is 5.91 Å². The lowest BCUT2D eigenvalue weighted by molar-refractivity contribution is -0.122. The van der Waals surface area contributed by atoms with Gasteiger partial charge in [0.15, 0.2) is 0 Å². The van der Waals surface area contributed by atoms with Gasteiger partial charge in [-0.1, -0.05) is 12.1 Å². The van der Waals surface area contributed by atoms with E-state index in [0.717, 1.165) is 10.7 Å². The van der Waals surface area contributed by atoms with Crippen LogP contribution >= 0.6 is 11.3 Å². The molecule has 1 N–H and O–H groups in total. The quantitative estimate of drug-likeness (QED) is 0.889. The number of aryl methyl sites for hydroxylation is 2. The lowest BCUT2D eigenvalue weighted by atomic mass is 10.1. The molecule has 1 unspecified atom stereocenters. The minimum absolute atomic E-state index is 0.243. The number of benzene rings is 1. The Morgan fingerprint density at radius 2 is 2.10 bits per heavy atom. The molecular formula is C15H16F2N2OS. The molecule has 0 radical (unpaired) electrons. The number of nitrogens with zero attached hydrogens (tertiary/aromatic N) is 1. The maximum Gasteiger partial charge on any atom is 0.220 e. The first-order valence-electron chi connectivity index (χ1n) is 6.60. The topological polar surface area (TPSA) is 42.0 Å². The van der Waals surface area contributed by atoms with Crippen molar-refractivity contribution in [1.82, 2.24) is 10.3 Å². The summed E-state index contributed by atoms with van der Waals surface area (Å²) in [6.45, 7) is 1.18. The molecule has 3 nitrogen and oxygen atoms in total. The van der Waals surface area contributed by atoms with Crippen LogP contribution in [0, 0.1) is 12.7 Å². The molecule has 0 aliphatic rings. The molecule has 0 aliphatic carbocycles. The fraction of sp³-hybridized carbons (Fsp3) is 0.333. The Kier molecular flexibility index (Phi) is 5.38. The molecule has 0 bridgehead atoms. The zero-order valence-electron chi connectivity index (χ0n) is 11.6. The zero-order chi connectivity index (χ0) is 15.2. The lowest BCUT2D eigenvalue weighted by Crippen LogP contribution is -2.30. The molecule has 0 aliphatic heterocycles. The number of aromatic nitrogens is 1. The second-order valence-electron chi connectivity index (χ2n) is 4.68. The molecular weight excluding hydrogens is 294 g/mol. The molecule has 0 saturated carbocycles. The highest BCUT2D eigenvalue weighted by molar-refractivity contribution is 7.09. The number of halogens is 2. The zero-order valence-corrected chi connectivity index (χ0v) is 12.4. The number of rotatable bonds is 6. The van der Waals surface area contributed by atoms with Gasteiger partial charge in [-0.2, -0.15) is 0 Å². The van der Waals surface area contributed by atoms with E-state index in [-0.39, 0.29) is 18.1 Å². The summed E-state index contributed by atoms with van der Waals surface area (Å²) < 4.78 is 25.9. The summed E-state index contributed by atoms with van der Waals surface area (Å²) in [5, 5.41) is 5.49. The molecule has 1 heterocycles. The molecule has 2 aromatic rings. The largest absolute Gasteiger partial charge is 0.347 e. The maximum absolute atomic E-state index is 13.1. The van der Waals surface area contributed by atoms with Crippen LogP contribution in [0.5, 0.6) is 0 Å². The fourth-order valence-electron chi connectivity index (χ4n) is 1.94. The van der Waals surface area contributed by atoms with E-state index in [1.165, 1.54) is 35.6 Å². The number of nitrogens with one attached hydrogen (secondary N) is 1. The van der Waals surface area contributed by atoms with Crippen LogP contribution in [-0.2, 0) is 11.2 Å². The molecule has 0 fully saturated rings. The highest BCUT2D eigenvalue weighted by Crippen LogP contribution is 2.15. The van der Waals surface area contributed by atoms with Crippen LogP contribution in [-0.4, -0.2) is 17.6 Å². The standard InChI is InChI=1S/C15H16F2N2OS/c1-10-18-13(9-21-10)6-7-15(20)19-14(8-16)11-2-4-12(17)5-3-11/h2-5,9,14H,6-8H2,1H3,(H,19,20). The van der Waals surface area contributed by atoms with Gasteiger partial charge in [-0.05, 0) is 31.0 Å². The number of hydrogen-bond acceptors (Lipinski definition) is 3. The van der Waals surface area contributed by atoms with E-state index in [2.05, 4.69) is 10.3 Å². The minimum atomic E-state index is -0.740. The number of hydrogen-bond donors (Lipinski definition) is 1. The van der Waals surface area contributed by atoms with Crippen molar-refractivity contribution in [1.29, 1.82) is 0 Å². The first-order valence-corrected chi connectivity index (χ1v) is 7.48. The summed E-state index contributed by atoms with van der Waals surface area (Å²) in [7, 11) is 0. The SMILES string of the molecule is Cc1nc(CCC(=O)NC(CF)c2ccc(F)cc2)cs1. The molecule has 1 aromatic heterocycles. The third-order valence-electron chi connectivity index (χ3n) is 3.04. The van der Waals surface area contributed by atoms with E-state index in [9.17, 15) is 13.6 Å². The van der Waals surface area contributed by atoms with Gasteiger partial charge in [0.25, 0.3) is 0 Å². The van der Waals surface area contributed by atoms with Crippen LogP contribution in [0.1, 0.15) is 28.7 Å². The van der Waals surface area contributed by atoms with Crippen LogP contribution < -0.4 is 5.32 Å². The maximum atomic E-state index is 13.1. The molecule has 0 spiro atoms. The van der Waals surface area contributed by atoms with E-state index in [1.54, 1.807) is 0 Å². The summed E-state index contributed by atoms with van der Waals surface area (Å²) in [6.07, 6.45) is 0.777. The van der Waals surface area contributed by atoms with Crippen LogP contribution in [0.25, 0.3) is 0 Å². The Bertz CT molecular complexity index is 598. The van der Waals surface area contributed by atoms with E-state index in [4.69, 9.17) is 0 Å². The third kappa shape index (κ3) is 4.60. The van der Waals surface area contributed by atoms with Crippen molar-refractivity contribution >= 4 is 17.2 Å². The number of carbonyl (C=O) groups is 1. The number of carbonyl (C=O) groups excluding carboxylic acids is 1. The van der Waals surface area contributed by atoms with Crippen molar-refractivity contribution < 1.29 is 13.6 Å². The Labute approximate surface area is 126 Å². The lowest BCUT2D eigenvalue weighted by Gasteiger charge is -2.15. The normalized spacial score (nSPS) is 12.1. The molecule has 1 aromatic carbocycles. The van der Waals surface area contributed by atoms with Crippen LogP contribution in [0.2, 0.25) is 0 Å². The Hall–Kier alpha value is -1.82. The van der Waals surface area contributed by atoms with Crippen molar-refractivity contribution in [2.75, 3.05) is 6.67 Å². The first-order chi connectivity index (χ1) is 10.1. The highest BCUT2D eigenvalue weighted by atomic mass is 32.1. The molecule has 1 amide bonds. The van der Waals surface area contributed by atoms with Gasteiger partial charge in [-0.25, -0.2) is 13.8 Å². The summed E-state index contributed by atoms with van der Waals surface area (Å²) in [6, 6.07) is 4.72. The summed E-state index contributed by atoms with van der Waals surface area (Å²) in [5.41, 5.74) is 1.42. The minimum Gasteiger partial charge on any atom is -0.347 e. The van der Waals surface area contributed by atoms with Crippen molar-refractivity contribution in [2.24, 2.45) is 0 Å². The van der Waals surface area contributed by atoms with Crippen LogP contribution in [0.3, 0.4) is 0 Å². The van der Waals surface area contributed by atoms with Gasteiger partial charge in [-0.15, -0.1) is 11.3 Å². The van der Waals surface area contributed by atoms with Gasteiger partial charge < -0.3 is 5.32 Å². The predicted molar refractivity (Wildman–Crippen MR) is 78.4 cm³/mol. The Morgan fingerprint density at radius 3 is 2.67 bits per heavy atom. The summed E-state index contributed by atoms with van der Waals surface area (Å²) in [4.78, 5) is 16.1.